The first kappa shape index (κ1) is 27.6. The number of allylic oxidation sites excluding steroid dienone is 1. The van der Waals surface area contributed by atoms with Crippen LogP contribution in [0.5, 0.6) is 0 Å². The van der Waals surface area contributed by atoms with Crippen molar-refractivity contribution in [2.75, 3.05) is 19.8 Å². The highest BCUT2D eigenvalue weighted by molar-refractivity contribution is 5.98. The van der Waals surface area contributed by atoms with Gasteiger partial charge in [-0.15, -0.1) is 4.80 Å². The third kappa shape index (κ3) is 7.70. The molecule has 0 radical (unpaired) electrons. The van der Waals surface area contributed by atoms with Crippen LogP contribution >= 0.6 is 0 Å². The monoisotopic (exact) mass is 507 g/mol. The molecule has 0 aliphatic heterocycles. The van der Waals surface area contributed by atoms with Crippen LogP contribution in [0.15, 0.2) is 46.3 Å². The number of nitrogens with zero attached hydrogens (tertiary/aromatic N) is 6. The normalized spacial score (nSPS) is 13.5. The molecule has 0 unspecified atom stereocenters. The summed E-state index contributed by atoms with van der Waals surface area (Å²) in [5, 5.41) is 10.0. The minimum atomic E-state index is -4.71. The van der Waals surface area contributed by atoms with E-state index in [1.54, 1.807) is 0 Å². The van der Waals surface area contributed by atoms with Crippen LogP contribution in [0.1, 0.15) is 17.3 Å². The zero-order valence-electron chi connectivity index (χ0n) is 18.2. The molecule has 1 aromatic heterocycles. The maximum Gasteiger partial charge on any atom is 0.419 e. The Balaban J connectivity index is 2.21. The number of hydrogen-bond donors (Lipinski definition) is 1. The number of nitrogens with one attached hydrogen (secondary N) is 1. The Labute approximate surface area is 194 Å². The summed E-state index contributed by atoms with van der Waals surface area (Å²) >= 11 is 0. The number of rotatable bonds is 11. The average Bonchev–Trinajstić information content (AvgIpc) is 3.28. The predicted octanol–water partition coefficient (Wildman–Crippen LogP) is 3.41. The maximum atomic E-state index is 14.5. The molecule has 0 aliphatic carbocycles. The molecule has 0 aliphatic rings. The summed E-state index contributed by atoms with van der Waals surface area (Å²) in [5.74, 6) is -3.45. The second-order valence-corrected chi connectivity index (χ2v) is 6.99. The Morgan fingerprint density at radius 1 is 1.26 bits per heavy atom. The highest BCUT2D eigenvalue weighted by Crippen LogP contribution is 2.24. The van der Waals surface area contributed by atoms with Crippen molar-refractivity contribution >= 4 is 18.8 Å². The smallest absolute Gasteiger partial charge is 0.329 e. The lowest BCUT2D eigenvalue weighted by Crippen LogP contribution is -2.46. The number of alkyl halides is 5. The van der Waals surface area contributed by atoms with Gasteiger partial charge in [0, 0.05) is 31.1 Å². The van der Waals surface area contributed by atoms with E-state index in [0.717, 1.165) is 0 Å². The predicted molar refractivity (Wildman–Crippen MR) is 113 cm³/mol. The molecule has 0 bridgehead atoms. The van der Waals surface area contributed by atoms with E-state index in [4.69, 9.17) is 0 Å². The van der Waals surface area contributed by atoms with Crippen LogP contribution in [0.3, 0.4) is 0 Å². The SMILES string of the molecule is C=N/C=C(\C=N/CNC[C@H](C)N(CC(F)F)C(=O)c1cc(F)cc(F)c1-n1nccn1)C(F)(F)F. The van der Waals surface area contributed by atoms with E-state index in [9.17, 15) is 35.5 Å². The van der Waals surface area contributed by atoms with Crippen molar-refractivity contribution in [3.63, 3.8) is 0 Å². The van der Waals surface area contributed by atoms with Gasteiger partial charge >= 0.3 is 6.18 Å². The first-order chi connectivity index (χ1) is 16.5. The van der Waals surface area contributed by atoms with Gasteiger partial charge in [-0.3, -0.25) is 20.1 Å². The van der Waals surface area contributed by atoms with Crippen LogP contribution in [0.2, 0.25) is 0 Å². The second-order valence-electron chi connectivity index (χ2n) is 6.99. The number of carbonyl (C=O) groups is 1. The van der Waals surface area contributed by atoms with Crippen molar-refractivity contribution in [1.82, 2.24) is 25.2 Å². The summed E-state index contributed by atoms with van der Waals surface area (Å²) in [7, 11) is 0. The van der Waals surface area contributed by atoms with E-state index in [2.05, 4.69) is 32.2 Å². The van der Waals surface area contributed by atoms with Gasteiger partial charge in [-0.05, 0) is 19.7 Å². The molecule has 1 aromatic carbocycles. The van der Waals surface area contributed by atoms with Crippen LogP contribution in [0.25, 0.3) is 5.69 Å². The molecule has 0 fully saturated rings. The molecule has 2 rings (SSSR count). The molecule has 1 amide bonds. The lowest BCUT2D eigenvalue weighted by Gasteiger charge is -2.30. The zero-order chi connectivity index (χ0) is 26.2. The fourth-order valence-corrected chi connectivity index (χ4v) is 2.90. The molecular formula is C20H20F7N7O. The molecule has 15 heteroatoms. The van der Waals surface area contributed by atoms with E-state index in [1.165, 1.54) is 19.3 Å². The lowest BCUT2D eigenvalue weighted by molar-refractivity contribution is -0.0857. The number of halogens is 7. The van der Waals surface area contributed by atoms with Gasteiger partial charge in [0.1, 0.15) is 11.5 Å². The first-order valence-corrected chi connectivity index (χ1v) is 9.84. The van der Waals surface area contributed by atoms with Gasteiger partial charge in [-0.1, -0.05) is 0 Å². The lowest BCUT2D eigenvalue weighted by atomic mass is 10.1. The molecule has 0 spiro atoms. The average molecular weight is 507 g/mol. The molecule has 1 heterocycles. The second kappa shape index (κ2) is 12.2. The van der Waals surface area contributed by atoms with Crippen LogP contribution in [0, 0.1) is 11.6 Å². The van der Waals surface area contributed by atoms with E-state index >= 15 is 0 Å². The van der Waals surface area contributed by atoms with Crippen molar-refractivity contribution in [2.45, 2.75) is 25.6 Å². The van der Waals surface area contributed by atoms with Crippen molar-refractivity contribution in [3.8, 4) is 5.69 Å². The van der Waals surface area contributed by atoms with Gasteiger partial charge in [0.25, 0.3) is 12.3 Å². The van der Waals surface area contributed by atoms with Crippen LogP contribution in [0.4, 0.5) is 30.7 Å². The zero-order valence-corrected chi connectivity index (χ0v) is 18.2. The summed E-state index contributed by atoms with van der Waals surface area (Å²) in [4.78, 5) is 21.1. The minimum absolute atomic E-state index is 0.187. The van der Waals surface area contributed by atoms with Gasteiger partial charge in [-0.25, -0.2) is 17.6 Å². The Morgan fingerprint density at radius 3 is 2.49 bits per heavy atom. The minimum Gasteiger partial charge on any atom is -0.329 e. The fourth-order valence-electron chi connectivity index (χ4n) is 2.90. The van der Waals surface area contributed by atoms with Gasteiger partial charge in [0.05, 0.1) is 36.7 Å². The Bertz CT molecular complexity index is 1070. The third-order valence-corrected chi connectivity index (χ3v) is 4.44. The van der Waals surface area contributed by atoms with Gasteiger partial charge in [0.2, 0.25) is 0 Å². The summed E-state index contributed by atoms with van der Waals surface area (Å²) in [5.41, 5.74) is -2.29. The van der Waals surface area contributed by atoms with E-state index in [1.807, 2.05) is 0 Å². The molecule has 1 N–H and O–H groups in total. The Kier molecular flexibility index (Phi) is 9.62. The van der Waals surface area contributed by atoms with Gasteiger partial charge in [-0.2, -0.15) is 23.4 Å². The van der Waals surface area contributed by atoms with Crippen LogP contribution in [-0.2, 0) is 0 Å². The van der Waals surface area contributed by atoms with Crippen molar-refractivity contribution in [3.05, 3.63) is 53.5 Å². The standard InChI is InChI=1S/C20H20F7N7O/c1-12(7-29-11-30-9-13(8-28-2)20(25,26)27)33(10-17(23)24)19(35)15-5-14(21)6-16(22)18(15)34-31-3-4-32-34/h3-6,8-9,12,17,29H,2,7,10-11H2,1H3/b13-8+,30-9-/t12-/m0/s1. The number of aromatic nitrogens is 3. The van der Waals surface area contributed by atoms with Crippen LogP contribution < -0.4 is 5.32 Å². The van der Waals surface area contributed by atoms with E-state index in [0.29, 0.717) is 34.2 Å². The summed E-state index contributed by atoms with van der Waals surface area (Å²) in [6.07, 6.45) is -4.38. The quantitative estimate of drug-likeness (QED) is 0.287. The molecule has 1 atom stereocenters. The maximum absolute atomic E-state index is 14.5. The number of amides is 1. The molecule has 190 valence electrons. The molecule has 0 saturated heterocycles. The van der Waals surface area contributed by atoms with Crippen LogP contribution in [-0.4, -0.2) is 77.1 Å². The third-order valence-electron chi connectivity index (χ3n) is 4.44. The summed E-state index contributed by atoms with van der Waals surface area (Å²) < 4.78 is 93.1. The molecule has 0 saturated carbocycles. The van der Waals surface area contributed by atoms with Crippen molar-refractivity contribution < 1.29 is 35.5 Å². The number of carbonyl (C=O) groups excluding carboxylic acids is 1. The number of hydrogen-bond acceptors (Lipinski definition) is 6. The fraction of sp³-hybridized carbons (Fsp3) is 0.350. The highest BCUT2D eigenvalue weighted by Gasteiger charge is 2.32. The highest BCUT2D eigenvalue weighted by atomic mass is 19.4. The van der Waals surface area contributed by atoms with E-state index in [-0.39, 0.29) is 13.2 Å². The Morgan fingerprint density at radius 2 is 1.91 bits per heavy atom. The Hall–Kier alpha value is -3.62. The first-order valence-electron chi connectivity index (χ1n) is 9.84. The topological polar surface area (TPSA) is 87.8 Å². The summed E-state index contributed by atoms with van der Waals surface area (Å²) in [6, 6.07) is 0.177. The van der Waals surface area contributed by atoms with Crippen molar-refractivity contribution in [2.24, 2.45) is 9.98 Å². The summed E-state index contributed by atoms with van der Waals surface area (Å²) in [6.45, 7) is 2.68. The van der Waals surface area contributed by atoms with Gasteiger partial charge < -0.3 is 4.90 Å². The molecule has 35 heavy (non-hydrogen) atoms. The number of benzene rings is 1. The molecule has 2 aromatic rings. The number of aliphatic imine (C=N–C) groups is 2. The van der Waals surface area contributed by atoms with Gasteiger partial charge in [0.15, 0.2) is 5.82 Å². The van der Waals surface area contributed by atoms with Crippen molar-refractivity contribution in [1.29, 1.82) is 0 Å². The largest absolute Gasteiger partial charge is 0.419 e. The molecule has 8 nitrogen and oxygen atoms in total. The molecular weight excluding hydrogens is 487 g/mol. The van der Waals surface area contributed by atoms with E-state index < -0.39 is 59.6 Å².